The van der Waals surface area contributed by atoms with Crippen molar-refractivity contribution in [2.75, 3.05) is 12.3 Å². The summed E-state index contributed by atoms with van der Waals surface area (Å²) in [5.74, 6) is 1.89. The standard InChI is InChI=1S/C12H17N3S2/c1-9-5-12(8-17-9)7-14-11(13)15(12)6-10-3-2-4-16-10/h2-4,9H,5-8H2,1H3,(H2,13,14). The second kappa shape index (κ2) is 4.21. The number of rotatable bonds is 2. The lowest BCUT2D eigenvalue weighted by atomic mass is 9.95. The highest BCUT2D eigenvalue weighted by molar-refractivity contribution is 8.00. The molecule has 1 spiro atoms. The lowest BCUT2D eigenvalue weighted by Gasteiger charge is -2.35. The molecule has 5 heteroatoms. The minimum atomic E-state index is 0.193. The summed E-state index contributed by atoms with van der Waals surface area (Å²) in [5.41, 5.74) is 6.26. The number of hydrogen-bond acceptors (Lipinski definition) is 5. The number of thiophene rings is 1. The van der Waals surface area contributed by atoms with E-state index in [4.69, 9.17) is 5.73 Å². The van der Waals surface area contributed by atoms with Gasteiger partial charge in [0.1, 0.15) is 0 Å². The van der Waals surface area contributed by atoms with Crippen LogP contribution in [0.1, 0.15) is 18.2 Å². The predicted octanol–water partition coefficient (Wildman–Crippen LogP) is 2.14. The summed E-state index contributed by atoms with van der Waals surface area (Å²) in [5, 5.41) is 2.85. The van der Waals surface area contributed by atoms with Gasteiger partial charge in [-0.2, -0.15) is 11.8 Å². The van der Waals surface area contributed by atoms with Gasteiger partial charge in [-0.15, -0.1) is 11.3 Å². The molecule has 3 nitrogen and oxygen atoms in total. The maximum Gasteiger partial charge on any atom is 0.192 e. The van der Waals surface area contributed by atoms with Crippen molar-refractivity contribution in [2.24, 2.45) is 10.7 Å². The Morgan fingerprint density at radius 3 is 3.18 bits per heavy atom. The molecule has 1 fully saturated rings. The quantitative estimate of drug-likeness (QED) is 0.892. The Labute approximate surface area is 110 Å². The van der Waals surface area contributed by atoms with Gasteiger partial charge in [-0.3, -0.25) is 4.99 Å². The summed E-state index contributed by atoms with van der Waals surface area (Å²) in [4.78, 5) is 8.18. The molecule has 2 aliphatic rings. The molecule has 0 aliphatic carbocycles. The molecule has 17 heavy (non-hydrogen) atoms. The first-order valence-corrected chi connectivity index (χ1v) is 7.84. The second-order valence-corrected chi connectivity index (χ2v) is 7.35. The van der Waals surface area contributed by atoms with E-state index in [1.54, 1.807) is 11.3 Å². The molecule has 3 heterocycles. The van der Waals surface area contributed by atoms with Gasteiger partial charge >= 0.3 is 0 Å². The fourth-order valence-electron chi connectivity index (χ4n) is 2.70. The Balaban J connectivity index is 1.82. The van der Waals surface area contributed by atoms with Crippen molar-refractivity contribution in [1.82, 2.24) is 4.90 Å². The summed E-state index contributed by atoms with van der Waals surface area (Å²) in [6.45, 7) is 4.10. The first-order chi connectivity index (χ1) is 8.20. The lowest BCUT2D eigenvalue weighted by Crippen LogP contribution is -2.51. The van der Waals surface area contributed by atoms with Crippen LogP contribution in [0.5, 0.6) is 0 Å². The van der Waals surface area contributed by atoms with Gasteiger partial charge < -0.3 is 10.6 Å². The van der Waals surface area contributed by atoms with Crippen molar-refractivity contribution >= 4 is 29.1 Å². The van der Waals surface area contributed by atoms with Gasteiger partial charge in [-0.05, 0) is 17.9 Å². The average molecular weight is 267 g/mol. The van der Waals surface area contributed by atoms with Gasteiger partial charge in [0.05, 0.1) is 18.6 Å². The Morgan fingerprint density at radius 1 is 1.65 bits per heavy atom. The van der Waals surface area contributed by atoms with E-state index >= 15 is 0 Å². The fraction of sp³-hybridized carbons (Fsp3) is 0.583. The third kappa shape index (κ3) is 1.95. The Hall–Kier alpha value is -0.680. The van der Waals surface area contributed by atoms with Crippen LogP contribution in [-0.2, 0) is 6.54 Å². The second-order valence-electron chi connectivity index (χ2n) is 4.89. The van der Waals surface area contributed by atoms with Gasteiger partial charge in [0.2, 0.25) is 0 Å². The molecule has 0 amide bonds. The molecule has 1 aromatic rings. The summed E-state index contributed by atoms with van der Waals surface area (Å²) < 4.78 is 0. The molecule has 0 saturated carbocycles. The van der Waals surface area contributed by atoms with Crippen LogP contribution in [0, 0.1) is 0 Å². The summed E-state index contributed by atoms with van der Waals surface area (Å²) in [6.07, 6.45) is 1.20. The van der Waals surface area contributed by atoms with E-state index in [0.29, 0.717) is 0 Å². The zero-order valence-corrected chi connectivity index (χ0v) is 11.6. The first kappa shape index (κ1) is 11.4. The molecular formula is C12H17N3S2. The zero-order chi connectivity index (χ0) is 11.9. The van der Waals surface area contributed by atoms with Crippen LogP contribution in [0.2, 0.25) is 0 Å². The monoisotopic (exact) mass is 267 g/mol. The van der Waals surface area contributed by atoms with Crippen LogP contribution < -0.4 is 5.73 Å². The Morgan fingerprint density at radius 2 is 2.53 bits per heavy atom. The molecule has 2 atom stereocenters. The number of aliphatic imine (C=N–C) groups is 1. The molecule has 3 rings (SSSR count). The van der Waals surface area contributed by atoms with Crippen LogP contribution in [0.3, 0.4) is 0 Å². The minimum absolute atomic E-state index is 0.193. The minimum Gasteiger partial charge on any atom is -0.370 e. The highest BCUT2D eigenvalue weighted by Gasteiger charge is 2.47. The van der Waals surface area contributed by atoms with Crippen molar-refractivity contribution in [3.05, 3.63) is 22.4 Å². The third-order valence-corrected chi connectivity index (χ3v) is 5.88. The molecule has 1 saturated heterocycles. The van der Waals surface area contributed by atoms with Gasteiger partial charge in [-0.25, -0.2) is 0 Å². The molecule has 2 aliphatic heterocycles. The summed E-state index contributed by atoms with van der Waals surface area (Å²) in [6, 6.07) is 4.28. The molecule has 2 N–H and O–H groups in total. The van der Waals surface area contributed by atoms with E-state index in [9.17, 15) is 0 Å². The van der Waals surface area contributed by atoms with Crippen molar-refractivity contribution in [2.45, 2.75) is 30.7 Å². The van der Waals surface area contributed by atoms with Gasteiger partial charge in [0.15, 0.2) is 5.96 Å². The maximum atomic E-state index is 6.07. The van der Waals surface area contributed by atoms with Crippen LogP contribution >= 0.6 is 23.1 Å². The molecule has 1 aromatic heterocycles. The third-order valence-electron chi connectivity index (χ3n) is 3.58. The molecule has 2 unspecified atom stereocenters. The van der Waals surface area contributed by atoms with Gasteiger partial charge in [0, 0.05) is 15.9 Å². The number of guanidine groups is 1. The molecule has 0 radical (unpaired) electrons. The van der Waals surface area contributed by atoms with Crippen molar-refractivity contribution in [1.29, 1.82) is 0 Å². The van der Waals surface area contributed by atoms with E-state index < -0.39 is 0 Å². The molecule has 0 bridgehead atoms. The maximum absolute atomic E-state index is 6.07. The highest BCUT2D eigenvalue weighted by Crippen LogP contribution is 2.41. The smallest absolute Gasteiger partial charge is 0.192 e. The fourth-order valence-corrected chi connectivity index (χ4v) is 4.78. The zero-order valence-electron chi connectivity index (χ0n) is 9.93. The average Bonchev–Trinajstić information content (AvgIpc) is 2.98. The molecular weight excluding hydrogens is 250 g/mol. The van der Waals surface area contributed by atoms with E-state index in [1.165, 1.54) is 11.3 Å². The van der Waals surface area contributed by atoms with Crippen molar-refractivity contribution in [3.8, 4) is 0 Å². The normalized spacial score (nSPS) is 32.4. The van der Waals surface area contributed by atoms with Crippen molar-refractivity contribution in [3.63, 3.8) is 0 Å². The molecule has 0 aromatic carbocycles. The van der Waals surface area contributed by atoms with E-state index in [2.05, 4.69) is 34.3 Å². The van der Waals surface area contributed by atoms with Gasteiger partial charge in [0.25, 0.3) is 0 Å². The van der Waals surface area contributed by atoms with Gasteiger partial charge in [-0.1, -0.05) is 13.0 Å². The Bertz CT molecular complexity index is 429. The number of thioether (sulfide) groups is 1. The van der Waals surface area contributed by atoms with E-state index in [-0.39, 0.29) is 5.54 Å². The van der Waals surface area contributed by atoms with E-state index in [1.807, 2.05) is 11.8 Å². The largest absolute Gasteiger partial charge is 0.370 e. The topological polar surface area (TPSA) is 41.6 Å². The van der Waals surface area contributed by atoms with Crippen LogP contribution in [0.15, 0.2) is 22.5 Å². The first-order valence-electron chi connectivity index (χ1n) is 5.91. The predicted molar refractivity (Wildman–Crippen MR) is 75.6 cm³/mol. The lowest BCUT2D eigenvalue weighted by molar-refractivity contribution is 0.217. The van der Waals surface area contributed by atoms with Crippen molar-refractivity contribution < 1.29 is 0 Å². The number of nitrogens with zero attached hydrogens (tertiary/aromatic N) is 2. The van der Waals surface area contributed by atoms with Crippen LogP contribution in [0.4, 0.5) is 0 Å². The SMILES string of the molecule is CC1CC2(CN=C(N)N2Cc2cccs2)CS1. The van der Waals surface area contributed by atoms with Crippen LogP contribution in [0.25, 0.3) is 0 Å². The van der Waals surface area contributed by atoms with Crippen LogP contribution in [-0.4, -0.2) is 33.9 Å². The number of nitrogens with two attached hydrogens (primary N) is 1. The van der Waals surface area contributed by atoms with E-state index in [0.717, 1.165) is 30.1 Å². The molecule has 92 valence electrons. The summed E-state index contributed by atoms with van der Waals surface area (Å²) in [7, 11) is 0. The number of hydrogen-bond donors (Lipinski definition) is 1. The summed E-state index contributed by atoms with van der Waals surface area (Å²) >= 11 is 3.84. The highest BCUT2D eigenvalue weighted by atomic mass is 32.2. The Kier molecular flexibility index (Phi) is 2.83.